The Kier molecular flexibility index (Phi) is 4.03. The SMILES string of the molecule is O=C(O)c1cccnc1-c1nc(-c2ccccc2)ccc1C(=O)O. The van der Waals surface area contributed by atoms with E-state index in [4.69, 9.17) is 0 Å². The Bertz CT molecular complexity index is 923. The van der Waals surface area contributed by atoms with E-state index in [0.717, 1.165) is 5.56 Å². The Morgan fingerprint density at radius 2 is 1.42 bits per heavy atom. The number of carbonyl (C=O) groups is 2. The molecule has 0 spiro atoms. The van der Waals surface area contributed by atoms with Crippen LogP contribution in [0.25, 0.3) is 22.6 Å². The fourth-order valence-electron chi connectivity index (χ4n) is 2.35. The topological polar surface area (TPSA) is 100 Å². The molecule has 3 aromatic rings. The molecule has 6 heteroatoms. The molecule has 24 heavy (non-hydrogen) atoms. The second-order valence-electron chi connectivity index (χ2n) is 4.97. The van der Waals surface area contributed by atoms with E-state index in [9.17, 15) is 19.8 Å². The monoisotopic (exact) mass is 320 g/mol. The van der Waals surface area contributed by atoms with E-state index in [2.05, 4.69) is 9.97 Å². The number of benzene rings is 1. The molecule has 2 heterocycles. The quantitative estimate of drug-likeness (QED) is 0.765. The molecular formula is C18H12N2O4. The predicted octanol–water partition coefficient (Wildman–Crippen LogP) is 3.21. The first-order valence-corrected chi connectivity index (χ1v) is 7.06. The molecule has 0 fully saturated rings. The third-order valence-corrected chi connectivity index (χ3v) is 3.46. The molecular weight excluding hydrogens is 308 g/mol. The summed E-state index contributed by atoms with van der Waals surface area (Å²) >= 11 is 0. The summed E-state index contributed by atoms with van der Waals surface area (Å²) in [7, 11) is 0. The molecule has 0 saturated heterocycles. The van der Waals surface area contributed by atoms with Crippen LogP contribution in [0, 0.1) is 0 Å². The van der Waals surface area contributed by atoms with Gasteiger partial charge in [-0.25, -0.2) is 14.6 Å². The van der Waals surface area contributed by atoms with Crippen molar-refractivity contribution in [2.45, 2.75) is 0 Å². The molecule has 0 radical (unpaired) electrons. The summed E-state index contributed by atoms with van der Waals surface area (Å²) in [5.41, 5.74) is 1.19. The minimum atomic E-state index is -1.20. The fraction of sp³-hybridized carbons (Fsp3) is 0. The fourth-order valence-corrected chi connectivity index (χ4v) is 2.35. The van der Waals surface area contributed by atoms with Crippen molar-refractivity contribution in [3.8, 4) is 22.6 Å². The molecule has 2 N–H and O–H groups in total. The van der Waals surface area contributed by atoms with Crippen molar-refractivity contribution in [2.24, 2.45) is 0 Å². The number of nitrogens with zero attached hydrogens (tertiary/aromatic N) is 2. The standard InChI is InChI=1S/C18H12N2O4/c21-17(22)12-7-4-10-19-15(12)16-13(18(23)24)8-9-14(20-16)11-5-2-1-3-6-11/h1-10H,(H,21,22)(H,23,24). The van der Waals surface area contributed by atoms with Gasteiger partial charge in [-0.15, -0.1) is 0 Å². The molecule has 0 bridgehead atoms. The molecule has 0 aliphatic carbocycles. The molecule has 1 aromatic carbocycles. The molecule has 0 aliphatic heterocycles. The number of pyridine rings is 2. The maximum Gasteiger partial charge on any atom is 0.337 e. The van der Waals surface area contributed by atoms with Crippen LogP contribution in [0.15, 0.2) is 60.8 Å². The summed E-state index contributed by atoms with van der Waals surface area (Å²) in [6.07, 6.45) is 1.41. The number of aromatic carboxylic acids is 2. The molecule has 0 aliphatic rings. The van der Waals surface area contributed by atoms with Gasteiger partial charge in [-0.1, -0.05) is 30.3 Å². The van der Waals surface area contributed by atoms with Gasteiger partial charge in [0.25, 0.3) is 0 Å². The Morgan fingerprint density at radius 1 is 0.750 bits per heavy atom. The first kappa shape index (κ1) is 15.4. The first-order chi connectivity index (χ1) is 11.6. The Hall–Kier alpha value is -3.54. The van der Waals surface area contributed by atoms with Crippen molar-refractivity contribution in [1.29, 1.82) is 0 Å². The first-order valence-electron chi connectivity index (χ1n) is 7.06. The van der Waals surface area contributed by atoms with Crippen LogP contribution in [0.3, 0.4) is 0 Å². The summed E-state index contributed by atoms with van der Waals surface area (Å²) in [6, 6.07) is 15.1. The average Bonchev–Trinajstić information content (AvgIpc) is 2.62. The van der Waals surface area contributed by atoms with Gasteiger partial charge in [-0.05, 0) is 24.3 Å². The van der Waals surface area contributed by atoms with Gasteiger partial charge in [-0.3, -0.25) is 4.98 Å². The molecule has 0 unspecified atom stereocenters. The Balaban J connectivity index is 2.26. The molecule has 2 aromatic heterocycles. The van der Waals surface area contributed by atoms with Crippen LogP contribution in [-0.2, 0) is 0 Å². The smallest absolute Gasteiger partial charge is 0.337 e. The summed E-state index contributed by atoms with van der Waals surface area (Å²) in [4.78, 5) is 31.3. The van der Waals surface area contributed by atoms with Crippen LogP contribution < -0.4 is 0 Å². The minimum Gasteiger partial charge on any atom is -0.478 e. The van der Waals surface area contributed by atoms with Crippen molar-refractivity contribution in [3.05, 3.63) is 71.9 Å². The Morgan fingerprint density at radius 3 is 2.08 bits per heavy atom. The summed E-state index contributed by atoms with van der Waals surface area (Å²) in [5, 5.41) is 18.7. The third kappa shape index (κ3) is 2.85. The van der Waals surface area contributed by atoms with Gasteiger partial charge in [0.1, 0.15) is 11.4 Å². The predicted molar refractivity (Wildman–Crippen MR) is 86.8 cm³/mol. The van der Waals surface area contributed by atoms with Crippen molar-refractivity contribution < 1.29 is 19.8 Å². The van der Waals surface area contributed by atoms with Crippen LogP contribution in [0.1, 0.15) is 20.7 Å². The summed E-state index contributed by atoms with van der Waals surface area (Å²) < 4.78 is 0. The highest BCUT2D eigenvalue weighted by atomic mass is 16.4. The van der Waals surface area contributed by atoms with E-state index in [1.54, 1.807) is 6.07 Å². The number of aromatic nitrogens is 2. The van der Waals surface area contributed by atoms with Gasteiger partial charge >= 0.3 is 11.9 Å². The maximum atomic E-state index is 11.5. The van der Waals surface area contributed by atoms with Crippen LogP contribution in [0.5, 0.6) is 0 Å². The van der Waals surface area contributed by atoms with E-state index in [0.29, 0.717) is 5.69 Å². The lowest BCUT2D eigenvalue weighted by molar-refractivity contribution is 0.0683. The van der Waals surface area contributed by atoms with E-state index in [-0.39, 0.29) is 22.5 Å². The molecule has 118 valence electrons. The van der Waals surface area contributed by atoms with Crippen LogP contribution >= 0.6 is 0 Å². The second-order valence-corrected chi connectivity index (χ2v) is 4.97. The van der Waals surface area contributed by atoms with Crippen LogP contribution in [-0.4, -0.2) is 32.1 Å². The maximum absolute atomic E-state index is 11.5. The molecule has 0 amide bonds. The zero-order valence-corrected chi connectivity index (χ0v) is 12.4. The van der Waals surface area contributed by atoms with E-state index >= 15 is 0 Å². The van der Waals surface area contributed by atoms with Gasteiger partial charge in [0, 0.05) is 11.8 Å². The number of hydrogen-bond acceptors (Lipinski definition) is 4. The number of rotatable bonds is 4. The largest absolute Gasteiger partial charge is 0.478 e. The normalized spacial score (nSPS) is 10.3. The zero-order valence-electron chi connectivity index (χ0n) is 12.4. The highest BCUT2D eigenvalue weighted by Crippen LogP contribution is 2.27. The van der Waals surface area contributed by atoms with Gasteiger partial charge in [0.15, 0.2) is 0 Å². The highest BCUT2D eigenvalue weighted by molar-refractivity contribution is 6.00. The van der Waals surface area contributed by atoms with E-state index < -0.39 is 11.9 Å². The molecule has 6 nitrogen and oxygen atoms in total. The third-order valence-electron chi connectivity index (χ3n) is 3.46. The van der Waals surface area contributed by atoms with E-state index in [1.807, 2.05) is 30.3 Å². The second kappa shape index (κ2) is 6.29. The van der Waals surface area contributed by atoms with E-state index in [1.165, 1.54) is 24.4 Å². The summed E-state index contributed by atoms with van der Waals surface area (Å²) in [6.45, 7) is 0. The number of carboxylic acids is 2. The average molecular weight is 320 g/mol. The lowest BCUT2D eigenvalue weighted by Gasteiger charge is -2.10. The Labute approximate surface area is 137 Å². The van der Waals surface area contributed by atoms with Gasteiger partial charge in [0.05, 0.1) is 16.8 Å². The number of hydrogen-bond donors (Lipinski definition) is 2. The van der Waals surface area contributed by atoms with Crippen LogP contribution in [0.2, 0.25) is 0 Å². The molecule has 0 atom stereocenters. The van der Waals surface area contributed by atoms with Gasteiger partial charge in [-0.2, -0.15) is 0 Å². The zero-order chi connectivity index (χ0) is 17.1. The highest BCUT2D eigenvalue weighted by Gasteiger charge is 2.21. The van der Waals surface area contributed by atoms with Crippen LogP contribution in [0.4, 0.5) is 0 Å². The molecule has 0 saturated carbocycles. The van der Waals surface area contributed by atoms with Crippen molar-refractivity contribution >= 4 is 11.9 Å². The van der Waals surface area contributed by atoms with Crippen molar-refractivity contribution in [3.63, 3.8) is 0 Å². The minimum absolute atomic E-state index is 0.0279. The van der Waals surface area contributed by atoms with Gasteiger partial charge < -0.3 is 10.2 Å². The van der Waals surface area contributed by atoms with Gasteiger partial charge in [0.2, 0.25) is 0 Å². The molecule has 3 rings (SSSR count). The lowest BCUT2D eigenvalue weighted by Crippen LogP contribution is -2.08. The lowest BCUT2D eigenvalue weighted by atomic mass is 10.0. The van der Waals surface area contributed by atoms with Crippen molar-refractivity contribution in [2.75, 3.05) is 0 Å². The van der Waals surface area contributed by atoms with Crippen molar-refractivity contribution in [1.82, 2.24) is 9.97 Å². The summed E-state index contributed by atoms with van der Waals surface area (Å²) in [5.74, 6) is -2.39. The number of carboxylic acid groups (broad SMARTS) is 2.